The van der Waals surface area contributed by atoms with Gasteiger partial charge in [-0.15, -0.1) is 0 Å². The van der Waals surface area contributed by atoms with Gasteiger partial charge >= 0.3 is 5.97 Å². The van der Waals surface area contributed by atoms with Crippen molar-refractivity contribution in [2.24, 2.45) is 5.92 Å². The first kappa shape index (κ1) is 13.8. The first-order valence-electron chi connectivity index (χ1n) is 7.27. The quantitative estimate of drug-likeness (QED) is 0.916. The molecular weight excluding hydrogens is 262 g/mol. The maximum atomic E-state index is 10.8. The Labute approximate surface area is 124 Å². The van der Waals surface area contributed by atoms with Crippen LogP contribution in [0, 0.1) is 5.92 Å². The Morgan fingerprint density at radius 3 is 2.14 bits per heavy atom. The van der Waals surface area contributed by atoms with Gasteiger partial charge in [-0.05, 0) is 23.1 Å². The highest BCUT2D eigenvalue weighted by Crippen LogP contribution is 2.19. The molecule has 0 aliphatic carbocycles. The van der Waals surface area contributed by atoms with Gasteiger partial charge in [0.2, 0.25) is 0 Å². The second-order valence-corrected chi connectivity index (χ2v) is 5.71. The minimum atomic E-state index is -0.676. The number of carboxylic acid groups (broad SMARTS) is 1. The predicted molar refractivity (Wildman–Crippen MR) is 82.1 cm³/mol. The van der Waals surface area contributed by atoms with E-state index in [1.54, 1.807) is 0 Å². The lowest BCUT2D eigenvalue weighted by atomic mass is 9.99. The van der Waals surface area contributed by atoms with Gasteiger partial charge in [0.25, 0.3) is 0 Å². The number of hydrogen-bond donors (Lipinski definition) is 1. The lowest BCUT2D eigenvalue weighted by molar-refractivity contribution is -0.147. The fourth-order valence-electron chi connectivity index (χ4n) is 2.71. The van der Waals surface area contributed by atoms with E-state index in [9.17, 15) is 4.79 Å². The van der Waals surface area contributed by atoms with Crippen molar-refractivity contribution in [1.29, 1.82) is 0 Å². The van der Waals surface area contributed by atoms with Crippen molar-refractivity contribution in [3.8, 4) is 0 Å². The van der Waals surface area contributed by atoms with Crippen LogP contribution in [0.3, 0.4) is 0 Å². The molecule has 2 aromatic rings. The molecule has 1 aliphatic rings. The van der Waals surface area contributed by atoms with Crippen molar-refractivity contribution < 1.29 is 9.90 Å². The SMILES string of the molecule is O=C(O)C1CN(Cc2ccc(Cc3ccccc3)cc2)C1. The lowest BCUT2D eigenvalue weighted by Crippen LogP contribution is -2.49. The van der Waals surface area contributed by atoms with Gasteiger partial charge in [0, 0.05) is 19.6 Å². The van der Waals surface area contributed by atoms with E-state index >= 15 is 0 Å². The fourth-order valence-corrected chi connectivity index (χ4v) is 2.71. The smallest absolute Gasteiger partial charge is 0.309 e. The molecule has 21 heavy (non-hydrogen) atoms. The number of nitrogens with zero attached hydrogens (tertiary/aromatic N) is 1. The van der Waals surface area contributed by atoms with Crippen LogP contribution < -0.4 is 0 Å². The zero-order valence-electron chi connectivity index (χ0n) is 11.9. The third-order valence-electron chi connectivity index (χ3n) is 3.99. The maximum Gasteiger partial charge on any atom is 0.309 e. The van der Waals surface area contributed by atoms with Crippen LogP contribution in [-0.4, -0.2) is 29.1 Å². The predicted octanol–water partition coefficient (Wildman–Crippen LogP) is 2.79. The topological polar surface area (TPSA) is 40.5 Å². The highest BCUT2D eigenvalue weighted by Gasteiger charge is 2.31. The van der Waals surface area contributed by atoms with Gasteiger partial charge in [0.05, 0.1) is 5.92 Å². The molecule has 108 valence electrons. The Kier molecular flexibility index (Phi) is 4.02. The molecule has 1 aliphatic heterocycles. The summed E-state index contributed by atoms with van der Waals surface area (Å²) in [6.07, 6.45) is 0.950. The number of rotatable bonds is 5. The molecule has 1 saturated heterocycles. The van der Waals surface area contributed by atoms with Crippen LogP contribution in [0.1, 0.15) is 16.7 Å². The third-order valence-corrected chi connectivity index (χ3v) is 3.99. The normalized spacial score (nSPS) is 15.6. The van der Waals surface area contributed by atoms with E-state index in [-0.39, 0.29) is 5.92 Å². The van der Waals surface area contributed by atoms with E-state index in [2.05, 4.69) is 53.4 Å². The molecule has 2 aromatic carbocycles. The average molecular weight is 281 g/mol. The molecule has 3 rings (SSSR count). The van der Waals surface area contributed by atoms with E-state index in [4.69, 9.17) is 5.11 Å². The van der Waals surface area contributed by atoms with E-state index in [1.807, 2.05) is 6.07 Å². The number of hydrogen-bond acceptors (Lipinski definition) is 2. The van der Waals surface area contributed by atoms with Gasteiger partial charge in [-0.3, -0.25) is 9.69 Å². The van der Waals surface area contributed by atoms with Crippen molar-refractivity contribution in [3.05, 3.63) is 71.3 Å². The highest BCUT2D eigenvalue weighted by molar-refractivity contribution is 5.71. The van der Waals surface area contributed by atoms with Gasteiger partial charge in [-0.2, -0.15) is 0 Å². The van der Waals surface area contributed by atoms with Crippen LogP contribution in [0.2, 0.25) is 0 Å². The van der Waals surface area contributed by atoms with E-state index in [0.29, 0.717) is 13.1 Å². The number of carboxylic acids is 1. The number of benzene rings is 2. The lowest BCUT2D eigenvalue weighted by Gasteiger charge is -2.36. The Hall–Kier alpha value is -2.13. The van der Waals surface area contributed by atoms with Crippen molar-refractivity contribution in [2.75, 3.05) is 13.1 Å². The molecule has 0 radical (unpaired) electrons. The molecule has 1 heterocycles. The van der Waals surface area contributed by atoms with Gasteiger partial charge in [0.1, 0.15) is 0 Å². The van der Waals surface area contributed by atoms with Crippen LogP contribution in [0.25, 0.3) is 0 Å². The largest absolute Gasteiger partial charge is 0.481 e. The summed E-state index contributed by atoms with van der Waals surface area (Å²) in [5, 5.41) is 8.87. The molecule has 0 saturated carbocycles. The minimum Gasteiger partial charge on any atom is -0.481 e. The Morgan fingerprint density at radius 1 is 0.952 bits per heavy atom. The summed E-state index contributed by atoms with van der Waals surface area (Å²) < 4.78 is 0. The first-order chi connectivity index (χ1) is 10.2. The molecule has 0 aromatic heterocycles. The molecule has 3 heteroatoms. The summed E-state index contributed by atoms with van der Waals surface area (Å²) in [5.41, 5.74) is 3.87. The minimum absolute atomic E-state index is 0.178. The Morgan fingerprint density at radius 2 is 1.52 bits per heavy atom. The van der Waals surface area contributed by atoms with E-state index < -0.39 is 5.97 Å². The van der Waals surface area contributed by atoms with Crippen molar-refractivity contribution in [3.63, 3.8) is 0 Å². The monoisotopic (exact) mass is 281 g/mol. The zero-order valence-corrected chi connectivity index (χ0v) is 11.9. The average Bonchev–Trinajstić information content (AvgIpc) is 2.45. The zero-order chi connectivity index (χ0) is 14.7. The van der Waals surface area contributed by atoms with Gasteiger partial charge in [-0.25, -0.2) is 0 Å². The number of carbonyl (C=O) groups is 1. The second-order valence-electron chi connectivity index (χ2n) is 5.71. The molecule has 3 nitrogen and oxygen atoms in total. The van der Waals surface area contributed by atoms with E-state index in [0.717, 1.165) is 13.0 Å². The molecule has 0 bridgehead atoms. The van der Waals surface area contributed by atoms with Crippen LogP contribution in [0.4, 0.5) is 0 Å². The summed E-state index contributed by atoms with van der Waals surface area (Å²) in [6.45, 7) is 2.18. The molecule has 0 spiro atoms. The molecular formula is C18H19NO2. The molecule has 1 fully saturated rings. The fraction of sp³-hybridized carbons (Fsp3) is 0.278. The van der Waals surface area contributed by atoms with Crippen LogP contribution in [0.5, 0.6) is 0 Å². The Balaban J connectivity index is 1.54. The summed E-state index contributed by atoms with van der Waals surface area (Å²) in [6, 6.07) is 19.1. The summed E-state index contributed by atoms with van der Waals surface area (Å²) in [4.78, 5) is 12.9. The Bertz CT molecular complexity index is 601. The summed E-state index contributed by atoms with van der Waals surface area (Å²) >= 11 is 0. The van der Waals surface area contributed by atoms with Crippen molar-refractivity contribution in [2.45, 2.75) is 13.0 Å². The standard InChI is InChI=1S/C18H19NO2/c20-18(21)17-12-19(13-17)11-16-8-6-15(7-9-16)10-14-4-2-1-3-5-14/h1-9,17H,10-13H2,(H,20,21). The number of likely N-dealkylation sites (tertiary alicyclic amines) is 1. The molecule has 0 amide bonds. The molecule has 1 N–H and O–H groups in total. The van der Waals surface area contributed by atoms with E-state index in [1.165, 1.54) is 16.7 Å². The first-order valence-corrected chi connectivity index (χ1v) is 7.27. The summed E-state index contributed by atoms with van der Waals surface area (Å²) in [7, 11) is 0. The third kappa shape index (κ3) is 3.50. The van der Waals surface area contributed by atoms with Crippen molar-refractivity contribution in [1.82, 2.24) is 4.90 Å². The van der Waals surface area contributed by atoms with Crippen LogP contribution >= 0.6 is 0 Å². The molecule has 0 atom stereocenters. The maximum absolute atomic E-state index is 10.8. The second kappa shape index (κ2) is 6.10. The van der Waals surface area contributed by atoms with Crippen LogP contribution in [0.15, 0.2) is 54.6 Å². The van der Waals surface area contributed by atoms with Gasteiger partial charge < -0.3 is 5.11 Å². The highest BCUT2D eigenvalue weighted by atomic mass is 16.4. The summed E-state index contributed by atoms with van der Waals surface area (Å²) in [5.74, 6) is -0.855. The van der Waals surface area contributed by atoms with Gasteiger partial charge in [-0.1, -0.05) is 54.6 Å². The number of aliphatic carboxylic acids is 1. The van der Waals surface area contributed by atoms with Gasteiger partial charge in [0.15, 0.2) is 0 Å². The van der Waals surface area contributed by atoms with Crippen LogP contribution in [-0.2, 0) is 17.8 Å². The van der Waals surface area contributed by atoms with Crippen molar-refractivity contribution >= 4 is 5.97 Å². The molecule has 0 unspecified atom stereocenters.